The van der Waals surface area contributed by atoms with Gasteiger partial charge in [0.25, 0.3) is 0 Å². The number of likely N-dealkylation sites (N-methyl/N-ethyl adjacent to an activating group) is 1. The van der Waals surface area contributed by atoms with Gasteiger partial charge in [0.15, 0.2) is 0 Å². The third kappa shape index (κ3) is 2.84. The van der Waals surface area contributed by atoms with E-state index in [0.29, 0.717) is 0 Å². The molecule has 0 amide bonds. The van der Waals surface area contributed by atoms with Crippen molar-refractivity contribution in [3.63, 3.8) is 0 Å². The quantitative estimate of drug-likeness (QED) is 0.581. The molecule has 0 N–H and O–H groups in total. The highest BCUT2D eigenvalue weighted by Gasteiger charge is 2.16. The Hall–Kier alpha value is -0.520. The second-order valence-electron chi connectivity index (χ2n) is 3.64. The van der Waals surface area contributed by atoms with Crippen LogP contribution in [0.4, 0.5) is 0 Å². The van der Waals surface area contributed by atoms with Crippen LogP contribution < -0.4 is 0 Å². The zero-order chi connectivity index (χ0) is 8.81. The SMILES string of the molecule is C=C=CCN(C)C1CCCCC1. The first-order chi connectivity index (χ1) is 5.84. The predicted octanol–water partition coefficient (Wildman–Crippen LogP) is 2.59. The molecule has 0 aromatic carbocycles. The summed E-state index contributed by atoms with van der Waals surface area (Å²) in [5, 5.41) is 0. The van der Waals surface area contributed by atoms with E-state index in [4.69, 9.17) is 0 Å². The van der Waals surface area contributed by atoms with Crippen LogP contribution in [0.1, 0.15) is 32.1 Å². The maximum atomic E-state index is 3.57. The van der Waals surface area contributed by atoms with Gasteiger partial charge in [-0.1, -0.05) is 25.8 Å². The summed E-state index contributed by atoms with van der Waals surface area (Å²) in [7, 11) is 2.20. The molecule has 0 radical (unpaired) electrons. The number of hydrogen-bond acceptors (Lipinski definition) is 1. The Morgan fingerprint density at radius 3 is 2.67 bits per heavy atom. The molecule has 0 saturated heterocycles. The molecule has 0 spiro atoms. The number of rotatable bonds is 3. The molecule has 1 aliphatic rings. The van der Waals surface area contributed by atoms with E-state index in [9.17, 15) is 0 Å². The van der Waals surface area contributed by atoms with Gasteiger partial charge in [0.2, 0.25) is 0 Å². The molecule has 0 atom stereocenters. The Morgan fingerprint density at radius 2 is 2.08 bits per heavy atom. The van der Waals surface area contributed by atoms with Crippen molar-refractivity contribution in [1.82, 2.24) is 4.90 Å². The third-order valence-electron chi connectivity index (χ3n) is 2.72. The molecular formula is C11H19N. The van der Waals surface area contributed by atoms with Crippen molar-refractivity contribution in [1.29, 1.82) is 0 Å². The van der Waals surface area contributed by atoms with Gasteiger partial charge >= 0.3 is 0 Å². The standard InChI is InChI=1S/C11H19N/c1-3-4-10-12(2)11-8-6-5-7-9-11/h4,11H,1,5-10H2,2H3. The topological polar surface area (TPSA) is 3.24 Å². The Balaban J connectivity index is 2.28. The fourth-order valence-corrected chi connectivity index (χ4v) is 1.88. The van der Waals surface area contributed by atoms with E-state index >= 15 is 0 Å². The number of nitrogens with zero attached hydrogens (tertiary/aromatic N) is 1. The van der Waals surface area contributed by atoms with Crippen molar-refractivity contribution in [2.45, 2.75) is 38.1 Å². The molecule has 1 heteroatoms. The smallest absolute Gasteiger partial charge is 0.0237 e. The lowest BCUT2D eigenvalue weighted by atomic mass is 9.94. The molecule has 0 aliphatic heterocycles. The summed E-state index contributed by atoms with van der Waals surface area (Å²) in [6.45, 7) is 4.58. The number of hydrogen-bond donors (Lipinski definition) is 0. The van der Waals surface area contributed by atoms with Crippen LogP contribution in [-0.4, -0.2) is 24.5 Å². The molecule has 12 heavy (non-hydrogen) atoms. The minimum atomic E-state index is 0.809. The van der Waals surface area contributed by atoms with Crippen LogP contribution in [0.2, 0.25) is 0 Å². The van der Waals surface area contributed by atoms with E-state index in [1.807, 2.05) is 6.08 Å². The second kappa shape index (κ2) is 5.18. The van der Waals surface area contributed by atoms with Crippen LogP contribution in [0.3, 0.4) is 0 Å². The molecule has 0 heterocycles. The molecule has 0 unspecified atom stereocenters. The summed E-state index contributed by atoms with van der Waals surface area (Å²) in [6, 6.07) is 0.809. The van der Waals surface area contributed by atoms with E-state index < -0.39 is 0 Å². The molecule has 1 fully saturated rings. The van der Waals surface area contributed by atoms with E-state index in [1.165, 1.54) is 32.1 Å². The zero-order valence-corrected chi connectivity index (χ0v) is 8.05. The monoisotopic (exact) mass is 165 g/mol. The average Bonchev–Trinajstić information content (AvgIpc) is 2.15. The summed E-state index contributed by atoms with van der Waals surface area (Å²) >= 11 is 0. The van der Waals surface area contributed by atoms with Gasteiger partial charge in [-0.3, -0.25) is 4.90 Å². The Labute approximate surface area is 75.8 Å². The second-order valence-corrected chi connectivity index (χ2v) is 3.64. The molecular weight excluding hydrogens is 146 g/mol. The summed E-state index contributed by atoms with van der Waals surface area (Å²) in [4.78, 5) is 2.41. The summed E-state index contributed by atoms with van der Waals surface area (Å²) in [6.07, 6.45) is 9.01. The lowest BCUT2D eigenvalue weighted by Crippen LogP contribution is -2.33. The van der Waals surface area contributed by atoms with Crippen molar-refractivity contribution >= 4 is 0 Å². The Morgan fingerprint density at radius 1 is 1.42 bits per heavy atom. The van der Waals surface area contributed by atoms with Gasteiger partial charge in [-0.15, -0.1) is 5.73 Å². The average molecular weight is 165 g/mol. The largest absolute Gasteiger partial charge is 0.299 e. The van der Waals surface area contributed by atoms with Crippen LogP contribution in [0.5, 0.6) is 0 Å². The maximum absolute atomic E-state index is 3.57. The van der Waals surface area contributed by atoms with Gasteiger partial charge in [-0.2, -0.15) is 0 Å². The maximum Gasteiger partial charge on any atom is 0.0237 e. The van der Waals surface area contributed by atoms with Crippen LogP contribution in [0, 0.1) is 0 Å². The van der Waals surface area contributed by atoms with Gasteiger partial charge in [0.1, 0.15) is 0 Å². The molecule has 0 bridgehead atoms. The fraction of sp³-hybridized carbons (Fsp3) is 0.727. The first kappa shape index (κ1) is 9.57. The van der Waals surface area contributed by atoms with Crippen molar-refractivity contribution in [3.8, 4) is 0 Å². The van der Waals surface area contributed by atoms with Gasteiger partial charge in [-0.05, 0) is 26.0 Å². The van der Waals surface area contributed by atoms with Crippen LogP contribution in [0.25, 0.3) is 0 Å². The van der Waals surface area contributed by atoms with Crippen molar-refractivity contribution in [2.75, 3.05) is 13.6 Å². The van der Waals surface area contributed by atoms with Crippen LogP contribution in [-0.2, 0) is 0 Å². The van der Waals surface area contributed by atoms with Crippen molar-refractivity contribution in [2.24, 2.45) is 0 Å². The highest BCUT2D eigenvalue weighted by molar-refractivity contribution is 4.82. The van der Waals surface area contributed by atoms with Gasteiger partial charge in [0, 0.05) is 12.6 Å². The first-order valence-electron chi connectivity index (χ1n) is 4.89. The molecule has 1 aliphatic carbocycles. The minimum absolute atomic E-state index is 0.809. The fourth-order valence-electron chi connectivity index (χ4n) is 1.88. The lowest BCUT2D eigenvalue weighted by Gasteiger charge is -2.30. The molecule has 68 valence electrons. The Bertz CT molecular complexity index is 162. The summed E-state index contributed by atoms with van der Waals surface area (Å²) in [5.41, 5.74) is 2.82. The minimum Gasteiger partial charge on any atom is -0.299 e. The predicted molar refractivity (Wildman–Crippen MR) is 53.2 cm³/mol. The third-order valence-corrected chi connectivity index (χ3v) is 2.72. The van der Waals surface area contributed by atoms with Gasteiger partial charge < -0.3 is 0 Å². The van der Waals surface area contributed by atoms with Crippen molar-refractivity contribution in [3.05, 3.63) is 18.4 Å². The van der Waals surface area contributed by atoms with E-state index in [2.05, 4.69) is 24.3 Å². The summed E-state index contributed by atoms with van der Waals surface area (Å²) < 4.78 is 0. The molecule has 1 saturated carbocycles. The van der Waals surface area contributed by atoms with E-state index in [0.717, 1.165) is 12.6 Å². The van der Waals surface area contributed by atoms with Crippen molar-refractivity contribution < 1.29 is 0 Å². The normalized spacial score (nSPS) is 19.2. The summed E-state index contributed by atoms with van der Waals surface area (Å²) in [5.74, 6) is 0. The highest BCUT2D eigenvalue weighted by atomic mass is 15.1. The molecule has 0 aromatic rings. The highest BCUT2D eigenvalue weighted by Crippen LogP contribution is 2.21. The van der Waals surface area contributed by atoms with Crippen LogP contribution in [0.15, 0.2) is 18.4 Å². The molecule has 1 nitrogen and oxygen atoms in total. The van der Waals surface area contributed by atoms with Gasteiger partial charge in [-0.25, -0.2) is 0 Å². The van der Waals surface area contributed by atoms with E-state index in [1.54, 1.807) is 0 Å². The van der Waals surface area contributed by atoms with Gasteiger partial charge in [0.05, 0.1) is 0 Å². The molecule has 0 aromatic heterocycles. The lowest BCUT2D eigenvalue weighted by molar-refractivity contribution is 0.209. The van der Waals surface area contributed by atoms with Crippen LogP contribution >= 0.6 is 0 Å². The zero-order valence-electron chi connectivity index (χ0n) is 8.05. The first-order valence-corrected chi connectivity index (χ1v) is 4.89. The van der Waals surface area contributed by atoms with E-state index in [-0.39, 0.29) is 0 Å². The molecule has 1 rings (SSSR count). The Kier molecular flexibility index (Phi) is 4.13.